The molecule has 2 aliphatic heterocycles. The Hall–Kier alpha value is -1.66. The van der Waals surface area contributed by atoms with Gasteiger partial charge in [0.05, 0.1) is 12.9 Å². The molecule has 166 valence electrons. The SMILES string of the molecule is CCNC(=NCc1nc(-c2ccco2)n[nH]1)NC1CCN(CC2CCOC2)CC1.I. The number of guanidine groups is 1. The number of piperidine rings is 1. The molecule has 0 aromatic carbocycles. The zero-order chi connectivity index (χ0) is 19.9. The highest BCUT2D eigenvalue weighted by molar-refractivity contribution is 14.0. The van der Waals surface area contributed by atoms with Crippen molar-refractivity contribution in [3.05, 3.63) is 24.2 Å². The quantitative estimate of drug-likeness (QED) is 0.287. The maximum Gasteiger partial charge on any atom is 0.216 e. The van der Waals surface area contributed by atoms with Gasteiger partial charge in [-0.3, -0.25) is 5.10 Å². The molecule has 9 nitrogen and oxygen atoms in total. The molecule has 0 amide bonds. The summed E-state index contributed by atoms with van der Waals surface area (Å²) in [5.41, 5.74) is 0. The van der Waals surface area contributed by atoms with Crippen LogP contribution in [0.25, 0.3) is 11.6 Å². The van der Waals surface area contributed by atoms with Crippen LogP contribution in [0.1, 0.15) is 32.0 Å². The highest BCUT2D eigenvalue weighted by Crippen LogP contribution is 2.18. The molecule has 0 spiro atoms. The Morgan fingerprint density at radius 3 is 2.90 bits per heavy atom. The molecule has 2 saturated heterocycles. The second kappa shape index (κ2) is 11.7. The molecule has 1 atom stereocenters. The van der Waals surface area contributed by atoms with E-state index in [9.17, 15) is 0 Å². The van der Waals surface area contributed by atoms with Crippen molar-refractivity contribution in [1.82, 2.24) is 30.7 Å². The fourth-order valence-corrected chi connectivity index (χ4v) is 3.90. The van der Waals surface area contributed by atoms with Crippen molar-refractivity contribution in [1.29, 1.82) is 0 Å². The molecule has 0 aliphatic carbocycles. The van der Waals surface area contributed by atoms with Gasteiger partial charge in [0.1, 0.15) is 12.4 Å². The molecule has 0 radical (unpaired) electrons. The van der Waals surface area contributed by atoms with Gasteiger partial charge in [-0.2, -0.15) is 0 Å². The molecule has 3 N–H and O–H groups in total. The molecule has 1 unspecified atom stereocenters. The zero-order valence-corrected chi connectivity index (χ0v) is 19.8. The third kappa shape index (κ3) is 6.42. The summed E-state index contributed by atoms with van der Waals surface area (Å²) in [5.74, 6) is 3.45. The average molecular weight is 529 g/mol. The number of nitrogens with one attached hydrogen (secondary N) is 3. The number of furan rings is 1. The summed E-state index contributed by atoms with van der Waals surface area (Å²) in [6.07, 6.45) is 5.08. The van der Waals surface area contributed by atoms with Crippen LogP contribution in [0.5, 0.6) is 0 Å². The van der Waals surface area contributed by atoms with Gasteiger partial charge in [0, 0.05) is 38.8 Å². The van der Waals surface area contributed by atoms with Crippen molar-refractivity contribution in [2.45, 2.75) is 38.8 Å². The first-order chi connectivity index (χ1) is 14.3. The van der Waals surface area contributed by atoms with Crippen LogP contribution in [0.3, 0.4) is 0 Å². The molecule has 2 aliphatic rings. The van der Waals surface area contributed by atoms with Crippen LogP contribution in [0.4, 0.5) is 0 Å². The summed E-state index contributed by atoms with van der Waals surface area (Å²) in [5, 5.41) is 14.0. The highest BCUT2D eigenvalue weighted by atomic mass is 127. The third-order valence-electron chi connectivity index (χ3n) is 5.47. The van der Waals surface area contributed by atoms with E-state index in [1.54, 1.807) is 6.26 Å². The molecule has 2 aromatic rings. The Bertz CT molecular complexity index is 766. The predicted molar refractivity (Wildman–Crippen MR) is 126 cm³/mol. The van der Waals surface area contributed by atoms with E-state index in [2.05, 4.69) is 42.6 Å². The van der Waals surface area contributed by atoms with Crippen LogP contribution in [0, 0.1) is 5.92 Å². The first-order valence-electron chi connectivity index (χ1n) is 10.6. The van der Waals surface area contributed by atoms with Crippen LogP contribution in [0.15, 0.2) is 27.8 Å². The van der Waals surface area contributed by atoms with Crippen LogP contribution in [-0.2, 0) is 11.3 Å². The number of aromatic nitrogens is 3. The average Bonchev–Trinajstić information content (AvgIpc) is 3.50. The number of ether oxygens (including phenoxy) is 1. The molecular weight excluding hydrogens is 497 g/mol. The second-order valence-electron chi connectivity index (χ2n) is 7.73. The monoisotopic (exact) mass is 529 g/mol. The number of aliphatic imine (C=N–C) groups is 1. The minimum atomic E-state index is 0. The van der Waals surface area contributed by atoms with Crippen molar-refractivity contribution in [2.24, 2.45) is 10.9 Å². The fraction of sp³-hybridized carbons (Fsp3) is 0.650. The van der Waals surface area contributed by atoms with Gasteiger partial charge < -0.3 is 24.7 Å². The maximum atomic E-state index is 5.50. The Morgan fingerprint density at radius 1 is 1.33 bits per heavy atom. The van der Waals surface area contributed by atoms with Gasteiger partial charge in [-0.05, 0) is 44.2 Å². The van der Waals surface area contributed by atoms with Gasteiger partial charge in [0.15, 0.2) is 11.7 Å². The smallest absolute Gasteiger partial charge is 0.216 e. The number of hydrogen-bond donors (Lipinski definition) is 3. The molecule has 30 heavy (non-hydrogen) atoms. The normalized spacial score (nSPS) is 20.8. The summed E-state index contributed by atoms with van der Waals surface area (Å²) >= 11 is 0. The van der Waals surface area contributed by atoms with Crippen LogP contribution in [0.2, 0.25) is 0 Å². The van der Waals surface area contributed by atoms with Gasteiger partial charge in [0.2, 0.25) is 5.82 Å². The van der Waals surface area contributed by atoms with E-state index >= 15 is 0 Å². The van der Waals surface area contributed by atoms with Gasteiger partial charge in [-0.25, -0.2) is 9.98 Å². The van der Waals surface area contributed by atoms with E-state index in [-0.39, 0.29) is 24.0 Å². The molecule has 2 fully saturated rings. The Balaban J connectivity index is 0.00000256. The van der Waals surface area contributed by atoms with E-state index in [4.69, 9.17) is 9.15 Å². The first-order valence-corrected chi connectivity index (χ1v) is 10.6. The number of hydrogen-bond acceptors (Lipinski definition) is 6. The minimum absolute atomic E-state index is 0. The molecule has 4 heterocycles. The predicted octanol–water partition coefficient (Wildman–Crippen LogP) is 2.24. The topological polar surface area (TPSA) is 104 Å². The van der Waals surface area contributed by atoms with Crippen molar-refractivity contribution in [3.63, 3.8) is 0 Å². The van der Waals surface area contributed by atoms with Crippen LogP contribution in [-0.4, -0.2) is 71.5 Å². The van der Waals surface area contributed by atoms with Gasteiger partial charge in [0.25, 0.3) is 0 Å². The summed E-state index contributed by atoms with van der Waals surface area (Å²) < 4.78 is 10.8. The van der Waals surface area contributed by atoms with E-state index in [1.807, 2.05) is 12.1 Å². The Labute approximate surface area is 194 Å². The lowest BCUT2D eigenvalue weighted by Crippen LogP contribution is -2.49. The Kier molecular flexibility index (Phi) is 8.94. The standard InChI is InChI=1S/C20H31N7O2.HI/c1-2-21-20(22-12-18-24-19(26-25-18)17-4-3-10-29-17)23-16-5-8-27(9-6-16)13-15-7-11-28-14-15;/h3-4,10,15-16H,2,5-9,11-14H2,1H3,(H2,21,22,23)(H,24,25,26);1H. The van der Waals surface area contributed by atoms with Crippen LogP contribution < -0.4 is 10.6 Å². The molecule has 0 saturated carbocycles. The van der Waals surface area contributed by atoms with Gasteiger partial charge in [-0.15, -0.1) is 29.1 Å². The van der Waals surface area contributed by atoms with E-state index in [0.717, 1.165) is 51.6 Å². The third-order valence-corrected chi connectivity index (χ3v) is 5.47. The van der Waals surface area contributed by atoms with E-state index in [1.165, 1.54) is 13.0 Å². The lowest BCUT2D eigenvalue weighted by Gasteiger charge is -2.34. The van der Waals surface area contributed by atoms with Crippen molar-refractivity contribution in [3.8, 4) is 11.6 Å². The lowest BCUT2D eigenvalue weighted by atomic mass is 10.0. The molecular formula is C20H32IN7O2. The molecule has 2 aromatic heterocycles. The lowest BCUT2D eigenvalue weighted by molar-refractivity contribution is 0.150. The summed E-state index contributed by atoms with van der Waals surface area (Å²) in [7, 11) is 0. The molecule has 4 rings (SSSR count). The van der Waals surface area contributed by atoms with E-state index in [0.29, 0.717) is 35.9 Å². The summed E-state index contributed by atoms with van der Waals surface area (Å²) in [6, 6.07) is 4.11. The summed E-state index contributed by atoms with van der Waals surface area (Å²) in [4.78, 5) is 11.7. The summed E-state index contributed by atoms with van der Waals surface area (Å²) in [6.45, 7) is 8.61. The number of halogens is 1. The first kappa shape index (κ1) is 23.0. The number of nitrogens with zero attached hydrogens (tertiary/aromatic N) is 4. The largest absolute Gasteiger partial charge is 0.461 e. The fourth-order valence-electron chi connectivity index (χ4n) is 3.90. The van der Waals surface area contributed by atoms with Crippen molar-refractivity contribution < 1.29 is 9.15 Å². The number of rotatable bonds is 7. The highest BCUT2D eigenvalue weighted by Gasteiger charge is 2.24. The zero-order valence-electron chi connectivity index (χ0n) is 17.5. The number of likely N-dealkylation sites (tertiary alicyclic amines) is 1. The van der Waals surface area contributed by atoms with Gasteiger partial charge >= 0.3 is 0 Å². The maximum absolute atomic E-state index is 5.50. The number of H-pyrrole nitrogens is 1. The minimum Gasteiger partial charge on any atom is -0.461 e. The van der Waals surface area contributed by atoms with E-state index < -0.39 is 0 Å². The molecule has 10 heteroatoms. The second-order valence-corrected chi connectivity index (χ2v) is 7.73. The number of aromatic amines is 1. The van der Waals surface area contributed by atoms with Crippen molar-refractivity contribution in [2.75, 3.05) is 39.4 Å². The molecule has 0 bridgehead atoms. The van der Waals surface area contributed by atoms with Gasteiger partial charge in [-0.1, -0.05) is 0 Å². The van der Waals surface area contributed by atoms with Crippen LogP contribution >= 0.6 is 24.0 Å². The van der Waals surface area contributed by atoms with Crippen molar-refractivity contribution >= 4 is 29.9 Å². The Morgan fingerprint density at radius 2 is 2.20 bits per heavy atom.